The molecule has 0 aliphatic heterocycles. The minimum absolute atomic E-state index is 0.162. The summed E-state index contributed by atoms with van der Waals surface area (Å²) in [6.45, 7) is -0.162. The Bertz CT molecular complexity index is 809. The first kappa shape index (κ1) is 14.9. The zero-order chi connectivity index (χ0) is 16.1. The number of nitrogens with one attached hydrogen (secondary N) is 1. The number of benzene rings is 1. The van der Waals surface area contributed by atoms with Crippen molar-refractivity contribution in [3.63, 3.8) is 0 Å². The first-order chi connectivity index (χ1) is 11.2. The Morgan fingerprint density at radius 1 is 1.30 bits per heavy atom. The van der Waals surface area contributed by atoms with Gasteiger partial charge in [0, 0.05) is 12.3 Å². The summed E-state index contributed by atoms with van der Waals surface area (Å²) >= 11 is 5.88. The standard InChI is InChI=1S/C14H11ClN6O2/c15-14-12(5-2-6-16-14)18-13(22)8-23-11-4-1-3-10(7-11)21-9-17-19-20-21/h1-7,9H,8H2,(H,18,22). The van der Waals surface area contributed by atoms with E-state index in [2.05, 4.69) is 25.8 Å². The van der Waals surface area contributed by atoms with E-state index in [4.69, 9.17) is 16.3 Å². The summed E-state index contributed by atoms with van der Waals surface area (Å²) in [7, 11) is 0. The number of anilines is 1. The lowest BCUT2D eigenvalue weighted by Gasteiger charge is -2.09. The number of halogens is 1. The van der Waals surface area contributed by atoms with Gasteiger partial charge in [0.15, 0.2) is 11.8 Å². The molecule has 0 saturated heterocycles. The van der Waals surface area contributed by atoms with Crippen LogP contribution >= 0.6 is 11.6 Å². The van der Waals surface area contributed by atoms with Crippen molar-refractivity contribution in [2.45, 2.75) is 0 Å². The number of ether oxygens (including phenoxy) is 1. The second kappa shape index (κ2) is 6.84. The molecule has 0 radical (unpaired) electrons. The molecule has 0 fully saturated rings. The molecule has 0 unspecified atom stereocenters. The summed E-state index contributed by atoms with van der Waals surface area (Å²) in [6, 6.07) is 10.4. The van der Waals surface area contributed by atoms with Crippen LogP contribution in [0.1, 0.15) is 0 Å². The molecule has 0 aliphatic carbocycles. The molecule has 116 valence electrons. The molecule has 0 bridgehead atoms. The van der Waals surface area contributed by atoms with Crippen LogP contribution in [0, 0.1) is 0 Å². The molecule has 3 rings (SSSR count). The van der Waals surface area contributed by atoms with Gasteiger partial charge in [-0.05, 0) is 34.7 Å². The van der Waals surface area contributed by atoms with E-state index in [1.54, 1.807) is 36.5 Å². The third-order valence-corrected chi connectivity index (χ3v) is 3.14. The minimum atomic E-state index is -0.340. The number of rotatable bonds is 5. The Kier molecular flexibility index (Phi) is 4.44. The van der Waals surface area contributed by atoms with Crippen molar-refractivity contribution in [2.24, 2.45) is 0 Å². The molecule has 1 amide bonds. The molecule has 2 aromatic heterocycles. The van der Waals surface area contributed by atoms with Gasteiger partial charge in [-0.2, -0.15) is 0 Å². The molecule has 9 heteroatoms. The zero-order valence-electron chi connectivity index (χ0n) is 11.8. The first-order valence-corrected chi connectivity index (χ1v) is 6.97. The lowest BCUT2D eigenvalue weighted by atomic mass is 10.3. The quantitative estimate of drug-likeness (QED) is 0.716. The maximum atomic E-state index is 11.9. The number of nitrogens with zero attached hydrogens (tertiary/aromatic N) is 5. The van der Waals surface area contributed by atoms with Crippen molar-refractivity contribution in [3.8, 4) is 11.4 Å². The summed E-state index contributed by atoms with van der Waals surface area (Å²) < 4.78 is 6.95. The molecule has 0 spiro atoms. The Morgan fingerprint density at radius 3 is 3.00 bits per heavy atom. The summed E-state index contributed by atoms with van der Waals surface area (Å²) in [5.74, 6) is 0.179. The molecule has 1 aromatic carbocycles. The van der Waals surface area contributed by atoms with E-state index in [9.17, 15) is 4.79 Å². The van der Waals surface area contributed by atoms with Crippen LogP contribution in [0.25, 0.3) is 5.69 Å². The maximum absolute atomic E-state index is 11.9. The SMILES string of the molecule is O=C(COc1cccc(-n2cnnn2)c1)Nc1cccnc1Cl. The highest BCUT2D eigenvalue weighted by Crippen LogP contribution is 2.18. The smallest absolute Gasteiger partial charge is 0.262 e. The van der Waals surface area contributed by atoms with Gasteiger partial charge in [0.1, 0.15) is 12.1 Å². The largest absolute Gasteiger partial charge is 0.484 e. The van der Waals surface area contributed by atoms with Crippen molar-refractivity contribution < 1.29 is 9.53 Å². The van der Waals surface area contributed by atoms with Crippen molar-refractivity contribution in [2.75, 3.05) is 11.9 Å². The molecular formula is C14H11ClN6O2. The fourth-order valence-corrected chi connectivity index (χ4v) is 1.98. The van der Waals surface area contributed by atoms with E-state index in [1.165, 1.54) is 11.0 Å². The van der Waals surface area contributed by atoms with Crippen LogP contribution in [0.3, 0.4) is 0 Å². The van der Waals surface area contributed by atoms with Crippen molar-refractivity contribution in [1.29, 1.82) is 0 Å². The number of carbonyl (C=O) groups is 1. The molecule has 8 nitrogen and oxygen atoms in total. The molecule has 0 atom stereocenters. The van der Waals surface area contributed by atoms with Crippen LogP contribution in [0.2, 0.25) is 5.15 Å². The Labute approximate surface area is 136 Å². The van der Waals surface area contributed by atoms with Gasteiger partial charge < -0.3 is 10.1 Å². The van der Waals surface area contributed by atoms with Gasteiger partial charge in [0.2, 0.25) is 0 Å². The molecule has 3 aromatic rings. The van der Waals surface area contributed by atoms with Crippen molar-refractivity contribution in [3.05, 3.63) is 54.1 Å². The van der Waals surface area contributed by atoms with Crippen LogP contribution in [-0.4, -0.2) is 37.7 Å². The number of amides is 1. The minimum Gasteiger partial charge on any atom is -0.484 e. The fourth-order valence-electron chi connectivity index (χ4n) is 1.81. The molecule has 1 N–H and O–H groups in total. The highest BCUT2D eigenvalue weighted by Gasteiger charge is 2.07. The number of tetrazole rings is 1. The van der Waals surface area contributed by atoms with E-state index in [1.807, 2.05) is 6.07 Å². The molecule has 23 heavy (non-hydrogen) atoms. The number of carbonyl (C=O) groups excluding carboxylic acids is 1. The van der Waals surface area contributed by atoms with Crippen LogP contribution in [0.15, 0.2) is 48.9 Å². The summed E-state index contributed by atoms with van der Waals surface area (Å²) in [5.41, 5.74) is 1.16. The lowest BCUT2D eigenvalue weighted by molar-refractivity contribution is -0.118. The summed E-state index contributed by atoms with van der Waals surface area (Å²) in [5, 5.41) is 13.8. The number of pyridine rings is 1. The molecule has 0 saturated carbocycles. The third-order valence-electron chi connectivity index (χ3n) is 2.83. The Balaban J connectivity index is 1.61. The average Bonchev–Trinajstić information content (AvgIpc) is 3.10. The zero-order valence-corrected chi connectivity index (χ0v) is 12.5. The van der Waals surface area contributed by atoms with E-state index in [0.717, 1.165) is 5.69 Å². The number of hydrogen-bond acceptors (Lipinski definition) is 6. The van der Waals surface area contributed by atoms with Gasteiger partial charge in [-0.1, -0.05) is 17.7 Å². The van der Waals surface area contributed by atoms with Crippen LogP contribution < -0.4 is 10.1 Å². The van der Waals surface area contributed by atoms with E-state index in [0.29, 0.717) is 11.4 Å². The van der Waals surface area contributed by atoms with Gasteiger partial charge in [-0.25, -0.2) is 9.67 Å². The van der Waals surface area contributed by atoms with Gasteiger partial charge in [0.25, 0.3) is 5.91 Å². The lowest BCUT2D eigenvalue weighted by Crippen LogP contribution is -2.20. The van der Waals surface area contributed by atoms with E-state index < -0.39 is 0 Å². The first-order valence-electron chi connectivity index (χ1n) is 6.59. The van der Waals surface area contributed by atoms with Crippen LogP contribution in [0.4, 0.5) is 5.69 Å². The predicted molar refractivity (Wildman–Crippen MR) is 82.5 cm³/mol. The van der Waals surface area contributed by atoms with Gasteiger partial charge in [-0.3, -0.25) is 4.79 Å². The third kappa shape index (κ3) is 3.80. The van der Waals surface area contributed by atoms with Crippen molar-refractivity contribution in [1.82, 2.24) is 25.2 Å². The monoisotopic (exact) mass is 330 g/mol. The molecule has 2 heterocycles. The summed E-state index contributed by atoms with van der Waals surface area (Å²) in [6.07, 6.45) is 3.01. The van der Waals surface area contributed by atoms with Crippen molar-refractivity contribution >= 4 is 23.2 Å². The maximum Gasteiger partial charge on any atom is 0.262 e. The molecule has 0 aliphatic rings. The highest BCUT2D eigenvalue weighted by molar-refractivity contribution is 6.32. The second-order valence-electron chi connectivity index (χ2n) is 4.43. The van der Waals surface area contributed by atoms with Crippen LogP contribution in [0.5, 0.6) is 5.75 Å². The van der Waals surface area contributed by atoms with Gasteiger partial charge >= 0.3 is 0 Å². The van der Waals surface area contributed by atoms with Gasteiger partial charge in [0.05, 0.1) is 11.4 Å². The number of aromatic nitrogens is 5. The van der Waals surface area contributed by atoms with Gasteiger partial charge in [-0.15, -0.1) is 5.10 Å². The fraction of sp³-hybridized carbons (Fsp3) is 0.0714. The highest BCUT2D eigenvalue weighted by atomic mass is 35.5. The van der Waals surface area contributed by atoms with E-state index >= 15 is 0 Å². The number of hydrogen-bond donors (Lipinski definition) is 1. The molecular weight excluding hydrogens is 320 g/mol. The average molecular weight is 331 g/mol. The predicted octanol–water partition coefficient (Wildman–Crippen LogP) is 1.73. The second-order valence-corrected chi connectivity index (χ2v) is 4.79. The Hall–Kier alpha value is -3.00. The van der Waals surface area contributed by atoms with E-state index in [-0.39, 0.29) is 17.7 Å². The normalized spacial score (nSPS) is 10.3. The van der Waals surface area contributed by atoms with Crippen LogP contribution in [-0.2, 0) is 4.79 Å². The Morgan fingerprint density at radius 2 is 2.22 bits per heavy atom. The summed E-state index contributed by atoms with van der Waals surface area (Å²) in [4.78, 5) is 15.8. The topological polar surface area (TPSA) is 94.8 Å².